The Hall–Kier alpha value is -4.80. The van der Waals surface area contributed by atoms with E-state index in [1.54, 1.807) is 60.7 Å². The van der Waals surface area contributed by atoms with Gasteiger partial charge in [-0.3, -0.25) is 19.7 Å². The number of halogens is 3. The number of likely N-dealkylation sites (tertiary alicyclic amines) is 1. The first-order valence-electron chi connectivity index (χ1n) is 15.5. The predicted octanol–water partition coefficient (Wildman–Crippen LogP) is 5.44. The molecule has 2 unspecified atom stereocenters. The van der Waals surface area contributed by atoms with E-state index in [9.17, 15) is 32.7 Å². The van der Waals surface area contributed by atoms with Crippen LogP contribution >= 0.6 is 0 Å². The van der Waals surface area contributed by atoms with Gasteiger partial charge in [0.05, 0.1) is 23.8 Å². The molecule has 4 aromatic rings. The molecule has 3 N–H and O–H groups in total. The average Bonchev–Trinajstić information content (AvgIpc) is 3.59. The van der Waals surface area contributed by atoms with Gasteiger partial charge in [0.15, 0.2) is 5.78 Å². The van der Waals surface area contributed by atoms with Crippen molar-refractivity contribution >= 4 is 17.6 Å². The SMILES string of the molecule is O=C(N[C@@H](Cc1ccccc1)[C@@H](O)C(NCc1cccc(C(F)(F)F)c1)C(=O)N1CCCC1C(=O)c1ccccc1)c1ccccc1. The molecule has 4 atom stereocenters. The summed E-state index contributed by atoms with van der Waals surface area (Å²) in [4.78, 5) is 42.6. The standard InChI is InChI=1S/C37H36F3N3O4/c38-37(39,40)29-19-10-14-26(22-29)24-41-32(36(47)43-21-11-20-31(43)33(44)27-15-6-2-7-16-27)34(45)30(23-25-12-4-1-5-13-25)42-35(46)28-17-8-3-9-18-28/h1-10,12-19,22,30-32,34,41,45H,11,20-21,23-24H2,(H,42,46)/t30-,31?,32?,34+/m0/s1. The number of aliphatic hydroxyl groups is 1. The summed E-state index contributed by atoms with van der Waals surface area (Å²) in [7, 11) is 0. The molecular formula is C37H36F3N3O4. The first kappa shape index (κ1) is 33.6. The van der Waals surface area contributed by atoms with Crippen LogP contribution in [0, 0.1) is 0 Å². The van der Waals surface area contributed by atoms with Crippen molar-refractivity contribution in [2.75, 3.05) is 6.54 Å². The number of Topliss-reactive ketones (excluding diaryl/α,β-unsaturated/α-hetero) is 1. The molecule has 0 aliphatic carbocycles. The predicted molar refractivity (Wildman–Crippen MR) is 171 cm³/mol. The van der Waals surface area contributed by atoms with Crippen LogP contribution in [0.2, 0.25) is 0 Å². The molecular weight excluding hydrogens is 607 g/mol. The maximum atomic E-state index is 14.4. The minimum Gasteiger partial charge on any atom is -0.389 e. The van der Waals surface area contributed by atoms with E-state index in [0.29, 0.717) is 24.0 Å². The number of amides is 2. The number of nitrogens with zero attached hydrogens (tertiary/aromatic N) is 1. The summed E-state index contributed by atoms with van der Waals surface area (Å²) in [5.74, 6) is -1.28. The Morgan fingerprint density at radius 2 is 1.40 bits per heavy atom. The fourth-order valence-corrected chi connectivity index (χ4v) is 5.91. The zero-order chi connectivity index (χ0) is 33.4. The average molecular weight is 644 g/mol. The molecule has 47 heavy (non-hydrogen) atoms. The Balaban J connectivity index is 1.47. The van der Waals surface area contributed by atoms with Crippen LogP contribution in [-0.4, -0.2) is 58.4 Å². The van der Waals surface area contributed by atoms with Gasteiger partial charge in [0.25, 0.3) is 5.91 Å². The number of ketones is 1. The van der Waals surface area contributed by atoms with Gasteiger partial charge in [-0.1, -0.05) is 97.1 Å². The summed E-state index contributed by atoms with van der Waals surface area (Å²) in [6.07, 6.45) is -4.96. The number of rotatable bonds is 12. The van der Waals surface area contributed by atoms with Crippen molar-refractivity contribution in [1.29, 1.82) is 0 Å². The van der Waals surface area contributed by atoms with Gasteiger partial charge in [-0.25, -0.2) is 0 Å². The van der Waals surface area contributed by atoms with Crippen LogP contribution in [0.1, 0.15) is 50.2 Å². The molecule has 7 nitrogen and oxygen atoms in total. The highest BCUT2D eigenvalue weighted by Crippen LogP contribution is 2.30. The van der Waals surface area contributed by atoms with Crippen molar-refractivity contribution in [2.45, 2.75) is 56.2 Å². The van der Waals surface area contributed by atoms with Crippen molar-refractivity contribution in [2.24, 2.45) is 0 Å². The highest BCUT2D eigenvalue weighted by molar-refractivity contribution is 6.02. The van der Waals surface area contributed by atoms with E-state index in [2.05, 4.69) is 10.6 Å². The lowest BCUT2D eigenvalue weighted by molar-refractivity contribution is -0.138. The second kappa shape index (κ2) is 15.2. The molecule has 10 heteroatoms. The maximum absolute atomic E-state index is 14.4. The fraction of sp³-hybridized carbons (Fsp3) is 0.270. The van der Waals surface area contributed by atoms with Crippen molar-refractivity contribution in [1.82, 2.24) is 15.5 Å². The van der Waals surface area contributed by atoms with Gasteiger partial charge >= 0.3 is 6.18 Å². The molecule has 4 aromatic carbocycles. The van der Waals surface area contributed by atoms with Gasteiger partial charge in [-0.2, -0.15) is 13.2 Å². The molecule has 0 bridgehead atoms. The van der Waals surface area contributed by atoms with E-state index < -0.39 is 47.8 Å². The zero-order valence-electron chi connectivity index (χ0n) is 25.6. The van der Waals surface area contributed by atoms with Crippen molar-refractivity contribution in [3.8, 4) is 0 Å². The summed E-state index contributed by atoms with van der Waals surface area (Å²) in [5, 5.41) is 17.8. The Morgan fingerprint density at radius 1 is 0.809 bits per heavy atom. The molecule has 0 spiro atoms. The molecule has 5 rings (SSSR count). The third-order valence-electron chi connectivity index (χ3n) is 8.35. The van der Waals surface area contributed by atoms with Crippen molar-refractivity contribution in [3.63, 3.8) is 0 Å². The third-order valence-corrected chi connectivity index (χ3v) is 8.35. The van der Waals surface area contributed by atoms with E-state index in [1.807, 2.05) is 30.3 Å². The first-order chi connectivity index (χ1) is 22.6. The van der Waals surface area contributed by atoms with Crippen LogP contribution in [0.5, 0.6) is 0 Å². The van der Waals surface area contributed by atoms with Gasteiger partial charge in [-0.05, 0) is 48.6 Å². The minimum atomic E-state index is -4.56. The van der Waals surface area contributed by atoms with E-state index in [0.717, 1.165) is 17.7 Å². The number of carbonyl (C=O) groups is 3. The molecule has 1 heterocycles. The molecule has 0 radical (unpaired) electrons. The largest absolute Gasteiger partial charge is 0.416 e. The second-order valence-corrected chi connectivity index (χ2v) is 11.6. The number of carbonyl (C=O) groups excluding carboxylic acids is 3. The Bertz CT molecular complexity index is 1650. The summed E-state index contributed by atoms with van der Waals surface area (Å²) >= 11 is 0. The number of hydrogen-bond acceptors (Lipinski definition) is 5. The van der Waals surface area contributed by atoms with Crippen molar-refractivity contribution in [3.05, 3.63) is 143 Å². The van der Waals surface area contributed by atoms with E-state index in [1.165, 1.54) is 17.0 Å². The van der Waals surface area contributed by atoms with Crippen molar-refractivity contribution < 1.29 is 32.7 Å². The van der Waals surface area contributed by atoms with Crippen LogP contribution in [-0.2, 0) is 23.9 Å². The quantitative estimate of drug-likeness (QED) is 0.179. The lowest BCUT2D eigenvalue weighted by atomic mass is 9.94. The number of nitrogens with one attached hydrogen (secondary N) is 2. The van der Waals surface area contributed by atoms with Gasteiger partial charge in [0.1, 0.15) is 6.04 Å². The number of aliphatic hydroxyl groups excluding tert-OH is 1. The Morgan fingerprint density at radius 3 is 2.04 bits per heavy atom. The molecule has 244 valence electrons. The Labute approximate surface area is 271 Å². The topological polar surface area (TPSA) is 98.7 Å². The van der Waals surface area contributed by atoms with Gasteiger partial charge < -0.3 is 15.3 Å². The van der Waals surface area contributed by atoms with E-state index >= 15 is 0 Å². The maximum Gasteiger partial charge on any atom is 0.416 e. The molecule has 1 aliphatic heterocycles. The Kier molecular flexibility index (Phi) is 10.8. The van der Waals surface area contributed by atoms with Crippen LogP contribution in [0.25, 0.3) is 0 Å². The number of benzene rings is 4. The highest BCUT2D eigenvalue weighted by atomic mass is 19.4. The lowest BCUT2D eigenvalue weighted by Gasteiger charge is -2.35. The zero-order valence-corrected chi connectivity index (χ0v) is 25.6. The van der Waals surface area contributed by atoms with E-state index in [-0.39, 0.29) is 30.9 Å². The smallest absolute Gasteiger partial charge is 0.389 e. The summed E-state index contributed by atoms with van der Waals surface area (Å²) in [5.41, 5.74) is 0.989. The summed E-state index contributed by atoms with van der Waals surface area (Å²) in [6.45, 7) is 0.0729. The number of hydrogen-bond donors (Lipinski definition) is 3. The molecule has 2 amide bonds. The molecule has 1 saturated heterocycles. The first-order valence-corrected chi connectivity index (χ1v) is 15.5. The number of alkyl halides is 3. The van der Waals surface area contributed by atoms with Gasteiger partial charge in [-0.15, -0.1) is 0 Å². The van der Waals surface area contributed by atoms with E-state index in [4.69, 9.17) is 0 Å². The normalized spacial score (nSPS) is 16.7. The van der Waals surface area contributed by atoms with Crippen LogP contribution in [0.15, 0.2) is 115 Å². The monoisotopic (exact) mass is 643 g/mol. The molecule has 0 aromatic heterocycles. The minimum absolute atomic E-state index is 0.155. The van der Waals surface area contributed by atoms with Gasteiger partial charge in [0, 0.05) is 24.2 Å². The lowest BCUT2D eigenvalue weighted by Crippen LogP contribution is -2.60. The second-order valence-electron chi connectivity index (χ2n) is 11.6. The molecule has 1 aliphatic rings. The van der Waals surface area contributed by atoms with Crippen LogP contribution < -0.4 is 10.6 Å². The van der Waals surface area contributed by atoms with Crippen LogP contribution in [0.4, 0.5) is 13.2 Å². The van der Waals surface area contributed by atoms with Gasteiger partial charge in [0.2, 0.25) is 5.91 Å². The van der Waals surface area contributed by atoms with Crippen LogP contribution in [0.3, 0.4) is 0 Å². The summed E-state index contributed by atoms with van der Waals surface area (Å²) < 4.78 is 40.4. The molecule has 0 saturated carbocycles. The summed E-state index contributed by atoms with van der Waals surface area (Å²) in [6, 6.07) is 27.7. The highest BCUT2D eigenvalue weighted by Gasteiger charge is 2.42. The fourth-order valence-electron chi connectivity index (χ4n) is 5.91. The molecule has 1 fully saturated rings. The third kappa shape index (κ3) is 8.52.